The van der Waals surface area contributed by atoms with Crippen LogP contribution in [-0.2, 0) is 24.2 Å². The molecule has 0 spiro atoms. The van der Waals surface area contributed by atoms with Crippen molar-refractivity contribution in [3.63, 3.8) is 0 Å². The Bertz CT molecular complexity index is 423. The molecule has 1 rings (SSSR count). The summed E-state index contributed by atoms with van der Waals surface area (Å²) < 4.78 is 1.73. The molecular formula is C14H26N4O. The number of carbonyl (C=O) groups excluding carboxylic acids is 1. The molecule has 0 aliphatic rings. The van der Waals surface area contributed by atoms with Gasteiger partial charge in [-0.05, 0) is 25.2 Å². The predicted molar refractivity (Wildman–Crippen MR) is 77.9 cm³/mol. The van der Waals surface area contributed by atoms with Gasteiger partial charge in [-0.15, -0.1) is 0 Å². The van der Waals surface area contributed by atoms with E-state index in [1.807, 2.05) is 13.8 Å². The van der Waals surface area contributed by atoms with Crippen LogP contribution in [0.3, 0.4) is 0 Å². The molecule has 0 unspecified atom stereocenters. The van der Waals surface area contributed by atoms with Gasteiger partial charge in [-0.1, -0.05) is 27.7 Å². The molecular weight excluding hydrogens is 240 g/mol. The molecule has 5 heteroatoms. The zero-order valence-corrected chi connectivity index (χ0v) is 12.5. The first kappa shape index (κ1) is 15.5. The number of nitrogens with two attached hydrogens (primary N) is 1. The number of hydrogen-bond acceptors (Lipinski definition) is 3. The first-order valence-corrected chi connectivity index (χ1v) is 7.10. The Morgan fingerprint density at radius 2 is 2.05 bits per heavy atom. The maximum Gasteiger partial charge on any atom is 0.241 e. The molecule has 0 bridgehead atoms. The van der Waals surface area contributed by atoms with Gasteiger partial charge in [-0.3, -0.25) is 9.48 Å². The largest absolute Gasteiger partial charge is 0.396 e. The summed E-state index contributed by atoms with van der Waals surface area (Å²) in [6.07, 6.45) is 2.58. The predicted octanol–water partition coefficient (Wildman–Crippen LogP) is 1.75. The van der Waals surface area contributed by atoms with E-state index in [-0.39, 0.29) is 12.5 Å². The molecule has 1 amide bonds. The van der Waals surface area contributed by atoms with Crippen LogP contribution < -0.4 is 11.1 Å². The third kappa shape index (κ3) is 4.26. The summed E-state index contributed by atoms with van der Waals surface area (Å²) in [7, 11) is 0. The number of nitrogens with zero attached hydrogens (tertiary/aromatic N) is 2. The molecule has 3 N–H and O–H groups in total. The van der Waals surface area contributed by atoms with Crippen molar-refractivity contribution in [3.8, 4) is 0 Å². The number of amides is 1. The molecule has 108 valence electrons. The molecule has 0 aliphatic carbocycles. The Kier molecular flexibility index (Phi) is 5.86. The Hall–Kier alpha value is -1.52. The number of carbonyl (C=O) groups is 1. The molecule has 1 heterocycles. The summed E-state index contributed by atoms with van der Waals surface area (Å²) in [6, 6.07) is 0. The van der Waals surface area contributed by atoms with Crippen molar-refractivity contribution in [2.75, 3.05) is 12.3 Å². The van der Waals surface area contributed by atoms with E-state index < -0.39 is 0 Å². The number of rotatable bonds is 7. The fourth-order valence-corrected chi connectivity index (χ4v) is 2.02. The molecule has 19 heavy (non-hydrogen) atoms. The highest BCUT2D eigenvalue weighted by Crippen LogP contribution is 2.18. The maximum absolute atomic E-state index is 11.9. The van der Waals surface area contributed by atoms with E-state index in [1.54, 1.807) is 4.68 Å². The average molecular weight is 266 g/mol. The topological polar surface area (TPSA) is 72.9 Å². The highest BCUT2D eigenvalue weighted by molar-refractivity contribution is 5.75. The molecule has 0 saturated carbocycles. The van der Waals surface area contributed by atoms with Gasteiger partial charge in [0.15, 0.2) is 0 Å². The number of nitrogens with one attached hydrogen (secondary N) is 1. The fraction of sp³-hybridized carbons (Fsp3) is 0.714. The summed E-state index contributed by atoms with van der Waals surface area (Å²) in [5.41, 5.74) is 8.60. The van der Waals surface area contributed by atoms with E-state index in [4.69, 9.17) is 5.73 Å². The lowest BCUT2D eigenvalue weighted by Crippen LogP contribution is -2.30. The van der Waals surface area contributed by atoms with E-state index >= 15 is 0 Å². The molecule has 1 aromatic rings. The molecule has 0 fully saturated rings. The van der Waals surface area contributed by atoms with Gasteiger partial charge in [0, 0.05) is 6.54 Å². The molecule has 1 aromatic heterocycles. The third-order valence-corrected chi connectivity index (χ3v) is 3.18. The molecule has 0 radical (unpaired) electrons. The van der Waals surface area contributed by atoms with Gasteiger partial charge < -0.3 is 11.1 Å². The van der Waals surface area contributed by atoms with Crippen molar-refractivity contribution in [2.45, 2.75) is 53.5 Å². The minimum Gasteiger partial charge on any atom is -0.396 e. The molecule has 0 aliphatic heterocycles. The average Bonchev–Trinajstić information content (AvgIpc) is 2.64. The Labute approximate surface area is 115 Å². The van der Waals surface area contributed by atoms with Crippen LogP contribution in [0.5, 0.6) is 0 Å². The van der Waals surface area contributed by atoms with Crippen LogP contribution in [0.25, 0.3) is 0 Å². The van der Waals surface area contributed by atoms with Crippen molar-refractivity contribution in [2.24, 2.45) is 5.92 Å². The van der Waals surface area contributed by atoms with Crippen LogP contribution in [0.1, 0.15) is 45.5 Å². The minimum absolute atomic E-state index is 0.000466. The van der Waals surface area contributed by atoms with Gasteiger partial charge in [-0.2, -0.15) is 5.10 Å². The molecule has 0 atom stereocenters. The second kappa shape index (κ2) is 7.16. The highest BCUT2D eigenvalue weighted by Gasteiger charge is 2.14. The maximum atomic E-state index is 11.9. The van der Waals surface area contributed by atoms with Crippen molar-refractivity contribution < 1.29 is 4.79 Å². The summed E-state index contributed by atoms with van der Waals surface area (Å²) in [5, 5.41) is 7.33. The van der Waals surface area contributed by atoms with Gasteiger partial charge >= 0.3 is 0 Å². The summed E-state index contributed by atoms with van der Waals surface area (Å²) in [5.74, 6) is 0.596. The first-order valence-electron chi connectivity index (χ1n) is 7.10. The standard InChI is InChI=1S/C14H26N4O/c1-5-11-14(15)12(6-2)18(17-11)9-13(19)16-8-7-10(3)4/h10H,5-9,15H2,1-4H3,(H,16,19). The molecule has 5 nitrogen and oxygen atoms in total. The van der Waals surface area contributed by atoms with E-state index in [0.717, 1.165) is 42.9 Å². The Morgan fingerprint density at radius 3 is 2.58 bits per heavy atom. The van der Waals surface area contributed by atoms with Crippen LogP contribution in [-0.4, -0.2) is 22.2 Å². The van der Waals surface area contributed by atoms with Gasteiger partial charge in [-0.25, -0.2) is 0 Å². The summed E-state index contributed by atoms with van der Waals surface area (Å²) >= 11 is 0. The molecule has 0 saturated heterocycles. The lowest BCUT2D eigenvalue weighted by Gasteiger charge is -2.09. The van der Waals surface area contributed by atoms with Gasteiger partial charge in [0.05, 0.1) is 17.1 Å². The van der Waals surface area contributed by atoms with Crippen LogP contribution in [0.15, 0.2) is 0 Å². The number of hydrogen-bond donors (Lipinski definition) is 2. The van der Waals surface area contributed by atoms with Crippen molar-refractivity contribution in [1.29, 1.82) is 0 Å². The summed E-state index contributed by atoms with van der Waals surface area (Å²) in [6.45, 7) is 9.30. The van der Waals surface area contributed by atoms with Crippen LogP contribution >= 0.6 is 0 Å². The zero-order valence-electron chi connectivity index (χ0n) is 12.5. The number of aromatic nitrogens is 2. The molecule has 0 aromatic carbocycles. The Morgan fingerprint density at radius 1 is 1.37 bits per heavy atom. The monoisotopic (exact) mass is 266 g/mol. The number of aryl methyl sites for hydroxylation is 1. The van der Waals surface area contributed by atoms with E-state index in [0.29, 0.717) is 5.92 Å². The zero-order chi connectivity index (χ0) is 14.4. The van der Waals surface area contributed by atoms with Crippen LogP contribution in [0, 0.1) is 5.92 Å². The normalized spacial score (nSPS) is 11.0. The van der Waals surface area contributed by atoms with Gasteiger partial charge in [0.2, 0.25) is 5.91 Å². The van der Waals surface area contributed by atoms with Crippen molar-refractivity contribution >= 4 is 11.6 Å². The highest BCUT2D eigenvalue weighted by atomic mass is 16.2. The van der Waals surface area contributed by atoms with E-state index in [9.17, 15) is 4.79 Å². The van der Waals surface area contributed by atoms with E-state index in [2.05, 4.69) is 24.3 Å². The number of nitrogen functional groups attached to an aromatic ring is 1. The lowest BCUT2D eigenvalue weighted by atomic mass is 10.1. The third-order valence-electron chi connectivity index (χ3n) is 3.18. The smallest absolute Gasteiger partial charge is 0.241 e. The second-order valence-corrected chi connectivity index (χ2v) is 5.20. The number of anilines is 1. The Balaban J connectivity index is 2.63. The lowest BCUT2D eigenvalue weighted by molar-refractivity contribution is -0.121. The van der Waals surface area contributed by atoms with Crippen molar-refractivity contribution in [1.82, 2.24) is 15.1 Å². The SMILES string of the molecule is CCc1nn(CC(=O)NCCC(C)C)c(CC)c1N. The minimum atomic E-state index is 0.000466. The van der Waals surface area contributed by atoms with Gasteiger partial charge in [0.25, 0.3) is 0 Å². The van der Waals surface area contributed by atoms with Crippen LogP contribution in [0.2, 0.25) is 0 Å². The second-order valence-electron chi connectivity index (χ2n) is 5.20. The van der Waals surface area contributed by atoms with E-state index in [1.165, 1.54) is 0 Å². The first-order chi connectivity index (χ1) is 8.99. The van der Waals surface area contributed by atoms with Gasteiger partial charge in [0.1, 0.15) is 6.54 Å². The fourth-order valence-electron chi connectivity index (χ4n) is 2.02. The van der Waals surface area contributed by atoms with Crippen LogP contribution in [0.4, 0.5) is 5.69 Å². The quantitative estimate of drug-likeness (QED) is 0.789. The summed E-state index contributed by atoms with van der Waals surface area (Å²) in [4.78, 5) is 11.9. The van der Waals surface area contributed by atoms with Crippen molar-refractivity contribution in [3.05, 3.63) is 11.4 Å².